The molecule has 0 spiro atoms. The predicted molar refractivity (Wildman–Crippen MR) is 121 cm³/mol. The van der Waals surface area contributed by atoms with Crippen molar-refractivity contribution in [2.24, 2.45) is 0 Å². The zero-order chi connectivity index (χ0) is 20.5. The van der Waals surface area contributed by atoms with Gasteiger partial charge in [0.25, 0.3) is 0 Å². The third-order valence-electron chi connectivity index (χ3n) is 3.85. The van der Waals surface area contributed by atoms with Gasteiger partial charge in [0.05, 0.1) is 5.75 Å². The predicted octanol–water partition coefficient (Wildman–Crippen LogP) is 5.72. The lowest BCUT2D eigenvalue weighted by atomic mass is 10.2. The minimum atomic E-state index is -0.198. The highest BCUT2D eigenvalue weighted by Crippen LogP contribution is 2.21. The molecule has 3 aromatic carbocycles. The van der Waals surface area contributed by atoms with Crippen molar-refractivity contribution in [1.29, 1.82) is 0 Å². The number of carbonyl (C=O) groups is 2. The number of hydrogen-bond acceptors (Lipinski definition) is 3. The average Bonchev–Trinajstić information content (AvgIpc) is 2.74. The third kappa shape index (κ3) is 7.14. The first-order valence-corrected chi connectivity index (χ1v) is 10.3. The Morgan fingerprint density at radius 1 is 0.828 bits per heavy atom. The summed E-state index contributed by atoms with van der Waals surface area (Å²) in [5.41, 5.74) is 2.37. The monoisotopic (exact) mass is 422 g/mol. The van der Waals surface area contributed by atoms with E-state index in [9.17, 15) is 9.59 Å². The molecule has 0 radical (unpaired) electrons. The maximum atomic E-state index is 12.0. The van der Waals surface area contributed by atoms with Crippen LogP contribution < -0.4 is 10.6 Å². The third-order valence-corrected chi connectivity index (χ3v) is 5.11. The second-order valence-electron chi connectivity index (χ2n) is 6.10. The second kappa shape index (κ2) is 10.5. The normalized spacial score (nSPS) is 10.7. The SMILES string of the molecule is O=C(/C=C/c1ccccc1)Nc1ccc(SCC(=O)Nc2ccc(Cl)cc2)cc1. The van der Waals surface area contributed by atoms with Crippen molar-refractivity contribution in [2.45, 2.75) is 4.90 Å². The van der Waals surface area contributed by atoms with Crippen LogP contribution in [0.3, 0.4) is 0 Å². The van der Waals surface area contributed by atoms with Crippen molar-refractivity contribution in [2.75, 3.05) is 16.4 Å². The molecule has 3 aromatic rings. The Kier molecular flexibility index (Phi) is 7.50. The van der Waals surface area contributed by atoms with E-state index in [-0.39, 0.29) is 17.6 Å². The maximum absolute atomic E-state index is 12.0. The van der Waals surface area contributed by atoms with Crippen molar-refractivity contribution in [1.82, 2.24) is 0 Å². The molecule has 0 aliphatic carbocycles. The van der Waals surface area contributed by atoms with Gasteiger partial charge >= 0.3 is 0 Å². The zero-order valence-corrected chi connectivity index (χ0v) is 17.0. The molecule has 0 aliphatic rings. The van der Waals surface area contributed by atoms with Crippen molar-refractivity contribution in [3.05, 3.63) is 95.5 Å². The number of carbonyl (C=O) groups excluding carboxylic acids is 2. The number of amides is 2. The highest BCUT2D eigenvalue weighted by atomic mass is 35.5. The quantitative estimate of drug-likeness (QED) is 0.378. The number of halogens is 1. The molecule has 2 N–H and O–H groups in total. The highest BCUT2D eigenvalue weighted by molar-refractivity contribution is 8.00. The molecule has 0 bridgehead atoms. The fraction of sp³-hybridized carbons (Fsp3) is 0.0435. The Balaban J connectivity index is 1.45. The molecule has 0 saturated carbocycles. The summed E-state index contributed by atoms with van der Waals surface area (Å²) in [5, 5.41) is 6.26. The van der Waals surface area contributed by atoms with E-state index < -0.39 is 0 Å². The summed E-state index contributed by atoms with van der Waals surface area (Å²) in [5.74, 6) is -0.00826. The van der Waals surface area contributed by atoms with E-state index in [1.807, 2.05) is 54.6 Å². The maximum Gasteiger partial charge on any atom is 0.248 e. The van der Waals surface area contributed by atoms with E-state index in [0.717, 1.165) is 10.5 Å². The molecule has 4 nitrogen and oxygen atoms in total. The fourth-order valence-corrected chi connectivity index (χ4v) is 3.26. The van der Waals surface area contributed by atoms with Gasteiger partial charge in [-0.1, -0.05) is 41.9 Å². The summed E-state index contributed by atoms with van der Waals surface area (Å²) in [6.45, 7) is 0. The largest absolute Gasteiger partial charge is 0.325 e. The number of nitrogens with one attached hydrogen (secondary N) is 2. The van der Waals surface area contributed by atoms with Gasteiger partial charge in [-0.2, -0.15) is 0 Å². The van der Waals surface area contributed by atoms with Crippen LogP contribution in [0, 0.1) is 0 Å². The lowest BCUT2D eigenvalue weighted by Gasteiger charge is -2.06. The molecular weight excluding hydrogens is 404 g/mol. The summed E-state index contributed by atoms with van der Waals surface area (Å²) in [6.07, 6.45) is 3.26. The van der Waals surface area contributed by atoms with E-state index in [1.54, 1.807) is 30.3 Å². The lowest BCUT2D eigenvalue weighted by molar-refractivity contribution is -0.114. The summed E-state index contributed by atoms with van der Waals surface area (Å²) in [6, 6.07) is 24.0. The lowest BCUT2D eigenvalue weighted by Crippen LogP contribution is -2.13. The summed E-state index contributed by atoms with van der Waals surface area (Å²) in [4.78, 5) is 25.0. The van der Waals surface area contributed by atoms with Gasteiger partial charge in [0, 0.05) is 27.4 Å². The van der Waals surface area contributed by atoms with Crippen LogP contribution in [0.25, 0.3) is 6.08 Å². The van der Waals surface area contributed by atoms with Gasteiger partial charge in [0.1, 0.15) is 0 Å². The smallest absolute Gasteiger partial charge is 0.248 e. The van der Waals surface area contributed by atoms with Gasteiger partial charge in [-0.05, 0) is 60.2 Å². The molecule has 29 heavy (non-hydrogen) atoms. The van der Waals surface area contributed by atoms with Crippen LogP contribution in [0.2, 0.25) is 5.02 Å². The highest BCUT2D eigenvalue weighted by Gasteiger charge is 2.05. The van der Waals surface area contributed by atoms with Crippen LogP contribution in [-0.4, -0.2) is 17.6 Å². The Morgan fingerprint density at radius 2 is 1.45 bits per heavy atom. The molecule has 0 heterocycles. The molecular formula is C23H19ClN2O2S. The first-order chi connectivity index (χ1) is 14.1. The number of thioether (sulfide) groups is 1. The molecule has 0 fully saturated rings. The van der Waals surface area contributed by atoms with Gasteiger partial charge in [-0.3, -0.25) is 9.59 Å². The molecule has 3 rings (SSSR count). The van der Waals surface area contributed by atoms with E-state index >= 15 is 0 Å². The molecule has 146 valence electrons. The van der Waals surface area contributed by atoms with Gasteiger partial charge < -0.3 is 10.6 Å². The first-order valence-electron chi connectivity index (χ1n) is 8.91. The number of rotatable bonds is 7. The molecule has 0 saturated heterocycles. The molecule has 0 atom stereocenters. The van der Waals surface area contributed by atoms with E-state index in [4.69, 9.17) is 11.6 Å². The van der Waals surface area contributed by atoms with Crippen molar-refractivity contribution in [3.63, 3.8) is 0 Å². The van der Waals surface area contributed by atoms with Crippen LogP contribution in [0.5, 0.6) is 0 Å². The molecule has 0 unspecified atom stereocenters. The van der Waals surface area contributed by atoms with Gasteiger partial charge in [0.15, 0.2) is 0 Å². The summed E-state index contributed by atoms with van der Waals surface area (Å²) < 4.78 is 0. The number of anilines is 2. The molecule has 6 heteroatoms. The molecule has 2 amide bonds. The Labute approximate surface area is 179 Å². The van der Waals surface area contributed by atoms with Crippen LogP contribution in [0.4, 0.5) is 11.4 Å². The Morgan fingerprint density at radius 3 is 2.14 bits per heavy atom. The standard InChI is InChI=1S/C23H19ClN2O2S/c24-18-7-9-19(10-8-18)26-23(28)16-29-21-13-11-20(12-14-21)25-22(27)15-6-17-4-2-1-3-5-17/h1-15H,16H2,(H,25,27)(H,26,28)/b15-6+. The topological polar surface area (TPSA) is 58.2 Å². The molecule has 0 aromatic heterocycles. The van der Waals surface area contributed by atoms with Crippen LogP contribution in [0.1, 0.15) is 5.56 Å². The van der Waals surface area contributed by atoms with E-state index in [2.05, 4.69) is 10.6 Å². The molecule has 0 aliphatic heterocycles. The zero-order valence-electron chi connectivity index (χ0n) is 15.5. The van der Waals surface area contributed by atoms with E-state index in [0.29, 0.717) is 16.4 Å². The fourth-order valence-electron chi connectivity index (χ4n) is 2.43. The van der Waals surface area contributed by atoms with E-state index in [1.165, 1.54) is 17.8 Å². The van der Waals surface area contributed by atoms with Crippen LogP contribution >= 0.6 is 23.4 Å². The Hall–Kier alpha value is -3.02. The van der Waals surface area contributed by atoms with Gasteiger partial charge in [-0.15, -0.1) is 11.8 Å². The van der Waals surface area contributed by atoms with Crippen LogP contribution in [0.15, 0.2) is 89.8 Å². The summed E-state index contributed by atoms with van der Waals surface area (Å²) >= 11 is 7.25. The van der Waals surface area contributed by atoms with Crippen molar-refractivity contribution >= 4 is 52.6 Å². The average molecular weight is 423 g/mol. The minimum Gasteiger partial charge on any atom is -0.325 e. The van der Waals surface area contributed by atoms with Gasteiger partial charge in [0.2, 0.25) is 11.8 Å². The second-order valence-corrected chi connectivity index (χ2v) is 7.59. The summed E-state index contributed by atoms with van der Waals surface area (Å²) in [7, 11) is 0. The number of hydrogen-bond donors (Lipinski definition) is 2. The first kappa shape index (κ1) is 20.7. The van der Waals surface area contributed by atoms with Crippen molar-refractivity contribution < 1.29 is 9.59 Å². The number of benzene rings is 3. The Bertz CT molecular complexity index is 988. The van der Waals surface area contributed by atoms with Gasteiger partial charge in [-0.25, -0.2) is 0 Å². The van der Waals surface area contributed by atoms with Crippen LogP contribution in [-0.2, 0) is 9.59 Å². The van der Waals surface area contributed by atoms with Crippen molar-refractivity contribution in [3.8, 4) is 0 Å². The minimum absolute atomic E-state index is 0.0965.